The van der Waals surface area contributed by atoms with Gasteiger partial charge in [0, 0.05) is 29.5 Å². The Balaban J connectivity index is 1.45. The Kier molecular flexibility index (Phi) is 4.18. The first-order chi connectivity index (χ1) is 17.3. The molecule has 1 aromatic heterocycles. The van der Waals surface area contributed by atoms with Crippen molar-refractivity contribution in [2.75, 3.05) is 18.2 Å². The highest BCUT2D eigenvalue weighted by Gasteiger charge is 2.73. The molecule has 4 aromatic rings. The molecule has 6 heteroatoms. The van der Waals surface area contributed by atoms with E-state index in [0.29, 0.717) is 18.0 Å². The van der Waals surface area contributed by atoms with Gasteiger partial charge in [0.2, 0.25) is 12.7 Å². The van der Waals surface area contributed by atoms with Gasteiger partial charge in [0.25, 0.3) is 0 Å². The molecule has 2 bridgehead atoms. The summed E-state index contributed by atoms with van der Waals surface area (Å²) >= 11 is 0. The predicted octanol–water partition coefficient (Wildman–Crippen LogP) is 5.89. The van der Waals surface area contributed by atoms with E-state index >= 15 is 0 Å². The van der Waals surface area contributed by atoms with Crippen molar-refractivity contribution in [1.29, 1.82) is 0 Å². The number of carbonyl (C=O) groups is 1. The van der Waals surface area contributed by atoms with Gasteiger partial charge in [-0.3, -0.25) is 4.79 Å². The van der Waals surface area contributed by atoms with E-state index < -0.39 is 5.41 Å². The minimum absolute atomic E-state index is 0.114. The van der Waals surface area contributed by atoms with Gasteiger partial charge in [0.1, 0.15) is 0 Å². The number of benzene rings is 3. The van der Waals surface area contributed by atoms with Crippen LogP contribution in [0.15, 0.2) is 54.6 Å². The van der Waals surface area contributed by atoms with Crippen molar-refractivity contribution in [2.45, 2.75) is 51.4 Å². The molecule has 0 radical (unpaired) electrons. The molecular weight excluding hydrogens is 450 g/mol. The normalized spacial score (nSPS) is 24.9. The van der Waals surface area contributed by atoms with Crippen LogP contribution in [0.5, 0.6) is 11.5 Å². The molecule has 36 heavy (non-hydrogen) atoms. The summed E-state index contributed by atoms with van der Waals surface area (Å²) < 4.78 is 11.2. The second-order valence-corrected chi connectivity index (χ2v) is 11.0. The number of nitrogens with zero attached hydrogens (tertiary/aromatic N) is 3. The Morgan fingerprint density at radius 3 is 2.31 bits per heavy atom. The minimum atomic E-state index is -0.762. The van der Waals surface area contributed by atoms with Gasteiger partial charge in [0.15, 0.2) is 11.5 Å². The quantitative estimate of drug-likeness (QED) is 0.366. The highest BCUT2D eigenvalue weighted by Crippen LogP contribution is 2.70. The Bertz CT molecular complexity index is 1590. The second-order valence-electron chi connectivity index (χ2n) is 11.0. The lowest BCUT2D eigenvalue weighted by Crippen LogP contribution is -2.53. The Morgan fingerprint density at radius 2 is 1.58 bits per heavy atom. The fraction of sp³-hybridized carbons (Fsp3) is 0.367. The third kappa shape index (κ3) is 2.40. The third-order valence-electron chi connectivity index (χ3n) is 9.52. The number of anilines is 1. The molecule has 1 saturated carbocycles. The van der Waals surface area contributed by atoms with E-state index in [-0.39, 0.29) is 23.5 Å². The first-order valence-corrected chi connectivity index (χ1v) is 12.7. The van der Waals surface area contributed by atoms with Gasteiger partial charge in [-0.1, -0.05) is 57.2 Å². The second kappa shape index (κ2) is 6.96. The van der Waals surface area contributed by atoms with Crippen LogP contribution >= 0.6 is 0 Å². The summed E-state index contributed by atoms with van der Waals surface area (Å²) in [7, 11) is 0. The van der Waals surface area contributed by atoms with E-state index in [1.807, 2.05) is 35.2 Å². The van der Waals surface area contributed by atoms with Crippen LogP contribution in [-0.2, 0) is 15.6 Å². The molecule has 7 rings (SSSR count). The summed E-state index contributed by atoms with van der Waals surface area (Å²) in [6, 6.07) is 18.3. The van der Waals surface area contributed by atoms with E-state index in [1.165, 1.54) is 0 Å². The Hall–Kier alpha value is -3.67. The summed E-state index contributed by atoms with van der Waals surface area (Å²) in [6.07, 6.45) is 1.66. The maximum Gasteiger partial charge on any atom is 0.239 e. The van der Waals surface area contributed by atoms with Crippen molar-refractivity contribution in [2.24, 2.45) is 5.41 Å². The van der Waals surface area contributed by atoms with E-state index in [9.17, 15) is 4.79 Å². The van der Waals surface area contributed by atoms with Crippen LogP contribution in [0.3, 0.4) is 0 Å². The molecule has 1 fully saturated rings. The first-order valence-electron chi connectivity index (χ1n) is 12.7. The highest BCUT2D eigenvalue weighted by molar-refractivity contribution is 6.09. The van der Waals surface area contributed by atoms with Crippen LogP contribution in [0.25, 0.3) is 21.8 Å². The number of hydrogen-bond acceptors (Lipinski definition) is 5. The maximum absolute atomic E-state index is 14.9. The van der Waals surface area contributed by atoms with Gasteiger partial charge in [-0.25, -0.2) is 9.97 Å². The topological polar surface area (TPSA) is 64.6 Å². The van der Waals surface area contributed by atoms with Gasteiger partial charge >= 0.3 is 0 Å². The Labute approximate surface area is 210 Å². The third-order valence-corrected chi connectivity index (χ3v) is 9.52. The molecule has 6 nitrogen and oxygen atoms in total. The number of hydrogen-bond donors (Lipinski definition) is 0. The molecule has 3 aliphatic rings. The van der Waals surface area contributed by atoms with Crippen molar-refractivity contribution in [3.05, 3.63) is 66.0 Å². The SMILES string of the molecule is CCN(C(=O)C12CCC(C)(c3nc4cc5c(cc4nc31)OCO5)C2(C)C)c1cccc2ccccc12. The van der Waals surface area contributed by atoms with Gasteiger partial charge in [-0.2, -0.15) is 0 Å². The maximum atomic E-state index is 14.9. The summed E-state index contributed by atoms with van der Waals surface area (Å²) in [6.45, 7) is 9.56. The van der Waals surface area contributed by atoms with Crippen LogP contribution in [-0.4, -0.2) is 29.2 Å². The molecule has 0 saturated heterocycles. The van der Waals surface area contributed by atoms with Crippen LogP contribution in [0, 0.1) is 5.41 Å². The summed E-state index contributed by atoms with van der Waals surface area (Å²) in [5, 5.41) is 2.21. The smallest absolute Gasteiger partial charge is 0.239 e. The average molecular weight is 480 g/mol. The van der Waals surface area contributed by atoms with Gasteiger partial charge in [-0.05, 0) is 36.6 Å². The van der Waals surface area contributed by atoms with E-state index in [2.05, 4.69) is 52.0 Å². The van der Waals surface area contributed by atoms with Crippen molar-refractivity contribution < 1.29 is 14.3 Å². The van der Waals surface area contributed by atoms with Crippen molar-refractivity contribution in [3.63, 3.8) is 0 Å². The lowest BCUT2D eigenvalue weighted by Gasteiger charge is -2.42. The number of carbonyl (C=O) groups excluding carboxylic acids is 1. The van der Waals surface area contributed by atoms with Crippen LogP contribution in [0.4, 0.5) is 5.69 Å². The van der Waals surface area contributed by atoms with E-state index in [0.717, 1.165) is 51.7 Å². The molecule has 2 unspecified atom stereocenters. The predicted molar refractivity (Wildman–Crippen MR) is 140 cm³/mol. The number of rotatable bonds is 3. The van der Waals surface area contributed by atoms with Crippen LogP contribution in [0.2, 0.25) is 0 Å². The van der Waals surface area contributed by atoms with Crippen LogP contribution in [0.1, 0.15) is 51.9 Å². The highest BCUT2D eigenvalue weighted by atomic mass is 16.7. The standard InChI is InChI=1S/C30H29N3O3/c1-5-33(22-12-8-10-18-9-6-7-11-19(18)22)27(34)30-14-13-29(4,28(30,2)3)25-26(30)32-21-16-24-23(35-17-36-24)15-20(21)31-25/h6-12,15-16H,5,13-14,17H2,1-4H3. The van der Waals surface area contributed by atoms with Crippen molar-refractivity contribution in [1.82, 2.24) is 9.97 Å². The number of likely N-dealkylation sites (N-methyl/N-ethyl adjacent to an activating group) is 1. The summed E-state index contributed by atoms with van der Waals surface area (Å²) in [5.41, 5.74) is 2.88. The molecule has 0 spiro atoms. The van der Waals surface area contributed by atoms with Gasteiger partial charge < -0.3 is 14.4 Å². The number of amides is 1. The fourth-order valence-corrected chi connectivity index (χ4v) is 7.06. The zero-order valence-corrected chi connectivity index (χ0v) is 21.1. The summed E-state index contributed by atoms with van der Waals surface area (Å²) in [5.74, 6) is 1.49. The van der Waals surface area contributed by atoms with E-state index in [1.54, 1.807) is 0 Å². The minimum Gasteiger partial charge on any atom is -0.454 e. The summed E-state index contributed by atoms with van der Waals surface area (Å²) in [4.78, 5) is 27.2. The fourth-order valence-electron chi connectivity index (χ4n) is 7.06. The van der Waals surface area contributed by atoms with E-state index in [4.69, 9.17) is 19.4 Å². The molecule has 2 atom stereocenters. The van der Waals surface area contributed by atoms with Crippen molar-refractivity contribution >= 4 is 33.4 Å². The molecule has 1 amide bonds. The number of aromatic nitrogens is 2. The van der Waals surface area contributed by atoms with Crippen LogP contribution < -0.4 is 14.4 Å². The first kappa shape index (κ1) is 21.6. The molecular formula is C30H29N3O3. The number of ether oxygens (including phenoxy) is 2. The Morgan fingerprint density at radius 1 is 0.917 bits per heavy atom. The largest absolute Gasteiger partial charge is 0.454 e. The monoisotopic (exact) mass is 479 g/mol. The van der Waals surface area contributed by atoms with Gasteiger partial charge in [0.05, 0.1) is 33.5 Å². The lowest BCUT2D eigenvalue weighted by atomic mass is 9.63. The molecule has 2 heterocycles. The molecule has 0 N–H and O–H groups in total. The average Bonchev–Trinajstić information content (AvgIpc) is 3.46. The lowest BCUT2D eigenvalue weighted by molar-refractivity contribution is -0.127. The van der Waals surface area contributed by atoms with Gasteiger partial charge in [-0.15, -0.1) is 0 Å². The zero-order valence-electron chi connectivity index (χ0n) is 21.1. The van der Waals surface area contributed by atoms with Crippen molar-refractivity contribution in [3.8, 4) is 11.5 Å². The molecule has 1 aliphatic heterocycles. The molecule has 3 aromatic carbocycles. The number of fused-ring (bicyclic) bond motifs is 8. The molecule has 182 valence electrons. The zero-order chi connectivity index (χ0) is 24.9. The molecule has 2 aliphatic carbocycles.